The Bertz CT molecular complexity index is 723. The second kappa shape index (κ2) is 6.26. The first-order valence-electron chi connectivity index (χ1n) is 7.02. The van der Waals surface area contributed by atoms with Crippen molar-refractivity contribution in [2.45, 2.75) is 25.8 Å². The Morgan fingerprint density at radius 3 is 2.90 bits per heavy atom. The topological polar surface area (TPSA) is 42.2 Å². The van der Waals surface area contributed by atoms with Crippen molar-refractivity contribution < 1.29 is 0 Å². The maximum absolute atomic E-state index is 4.49. The van der Waals surface area contributed by atoms with Crippen molar-refractivity contribution in [2.24, 2.45) is 0 Å². The largest absolute Gasteiger partial charge is 0.364 e. The summed E-state index contributed by atoms with van der Waals surface area (Å²) in [7, 11) is 0. The molecule has 4 nitrogen and oxygen atoms in total. The SMILES string of the molecule is CC(CCc1ccccc1)Nc1nc(Br)cn2ccnc12. The van der Waals surface area contributed by atoms with Gasteiger partial charge < -0.3 is 9.72 Å². The third-order valence-electron chi connectivity index (χ3n) is 3.44. The van der Waals surface area contributed by atoms with Gasteiger partial charge in [0, 0.05) is 24.6 Å². The molecule has 0 aliphatic carbocycles. The van der Waals surface area contributed by atoms with Gasteiger partial charge in [-0.2, -0.15) is 0 Å². The van der Waals surface area contributed by atoms with Crippen LogP contribution in [0.2, 0.25) is 0 Å². The van der Waals surface area contributed by atoms with Crippen molar-refractivity contribution in [2.75, 3.05) is 5.32 Å². The van der Waals surface area contributed by atoms with E-state index in [1.165, 1.54) is 5.56 Å². The fraction of sp³-hybridized carbons (Fsp3) is 0.250. The molecule has 5 heteroatoms. The fourth-order valence-corrected chi connectivity index (χ4v) is 2.73. The summed E-state index contributed by atoms with van der Waals surface area (Å²) in [5, 5.41) is 3.46. The van der Waals surface area contributed by atoms with Crippen molar-refractivity contribution in [1.29, 1.82) is 0 Å². The molecule has 0 spiro atoms. The molecule has 21 heavy (non-hydrogen) atoms. The Morgan fingerprint density at radius 1 is 1.29 bits per heavy atom. The van der Waals surface area contributed by atoms with Gasteiger partial charge in [-0.3, -0.25) is 0 Å². The van der Waals surface area contributed by atoms with E-state index in [0.29, 0.717) is 6.04 Å². The second-order valence-corrected chi connectivity index (χ2v) is 5.95. The average molecular weight is 345 g/mol. The molecule has 0 saturated carbocycles. The molecule has 0 aliphatic rings. The van der Waals surface area contributed by atoms with Crippen molar-refractivity contribution in [3.63, 3.8) is 0 Å². The third kappa shape index (κ3) is 3.42. The summed E-state index contributed by atoms with van der Waals surface area (Å²) >= 11 is 3.43. The molecule has 0 amide bonds. The minimum atomic E-state index is 0.326. The maximum Gasteiger partial charge on any atom is 0.180 e. The van der Waals surface area contributed by atoms with Gasteiger partial charge in [0.25, 0.3) is 0 Å². The van der Waals surface area contributed by atoms with Crippen LogP contribution in [-0.2, 0) is 6.42 Å². The summed E-state index contributed by atoms with van der Waals surface area (Å²) in [6.45, 7) is 2.17. The highest BCUT2D eigenvalue weighted by Crippen LogP contribution is 2.18. The van der Waals surface area contributed by atoms with E-state index in [1.54, 1.807) is 6.20 Å². The van der Waals surface area contributed by atoms with Gasteiger partial charge in [0.1, 0.15) is 4.60 Å². The van der Waals surface area contributed by atoms with Gasteiger partial charge in [-0.25, -0.2) is 9.97 Å². The first-order chi connectivity index (χ1) is 10.2. The third-order valence-corrected chi connectivity index (χ3v) is 3.82. The molecule has 0 saturated heterocycles. The van der Waals surface area contributed by atoms with Crippen LogP contribution in [0, 0.1) is 0 Å². The summed E-state index contributed by atoms with van der Waals surface area (Å²) < 4.78 is 2.76. The summed E-state index contributed by atoms with van der Waals surface area (Å²) in [5.41, 5.74) is 2.21. The molecule has 1 atom stereocenters. The Balaban J connectivity index is 1.68. The predicted molar refractivity (Wildman–Crippen MR) is 88.5 cm³/mol. The maximum atomic E-state index is 4.49. The summed E-state index contributed by atoms with van der Waals surface area (Å²) in [6.07, 6.45) is 7.70. The van der Waals surface area contributed by atoms with E-state index in [1.807, 2.05) is 22.9 Å². The Kier molecular flexibility index (Phi) is 4.20. The summed E-state index contributed by atoms with van der Waals surface area (Å²) in [5.74, 6) is 0.815. The number of imidazole rings is 1. The number of rotatable bonds is 5. The lowest BCUT2D eigenvalue weighted by Gasteiger charge is -2.15. The van der Waals surface area contributed by atoms with Gasteiger partial charge in [-0.1, -0.05) is 30.3 Å². The highest BCUT2D eigenvalue weighted by molar-refractivity contribution is 9.10. The van der Waals surface area contributed by atoms with Gasteiger partial charge >= 0.3 is 0 Å². The number of fused-ring (bicyclic) bond motifs is 1. The highest BCUT2D eigenvalue weighted by Gasteiger charge is 2.09. The highest BCUT2D eigenvalue weighted by atomic mass is 79.9. The number of anilines is 1. The van der Waals surface area contributed by atoms with Gasteiger partial charge in [-0.05, 0) is 41.3 Å². The van der Waals surface area contributed by atoms with E-state index in [4.69, 9.17) is 0 Å². The van der Waals surface area contributed by atoms with E-state index in [2.05, 4.69) is 62.4 Å². The molecule has 0 fully saturated rings. The van der Waals surface area contributed by atoms with Gasteiger partial charge in [0.05, 0.1) is 0 Å². The normalized spacial score (nSPS) is 12.5. The van der Waals surface area contributed by atoms with Gasteiger partial charge in [0.2, 0.25) is 0 Å². The zero-order valence-electron chi connectivity index (χ0n) is 11.8. The number of nitrogens with zero attached hydrogens (tertiary/aromatic N) is 3. The lowest BCUT2D eigenvalue weighted by Crippen LogP contribution is -2.17. The molecule has 2 heterocycles. The molecule has 3 aromatic rings. The van der Waals surface area contributed by atoms with Crippen LogP contribution >= 0.6 is 15.9 Å². The van der Waals surface area contributed by atoms with Crippen LogP contribution in [-0.4, -0.2) is 20.4 Å². The quantitative estimate of drug-likeness (QED) is 0.762. The monoisotopic (exact) mass is 344 g/mol. The minimum Gasteiger partial charge on any atom is -0.364 e. The van der Waals surface area contributed by atoms with Crippen molar-refractivity contribution in [1.82, 2.24) is 14.4 Å². The number of benzene rings is 1. The lowest BCUT2D eigenvalue weighted by atomic mass is 10.1. The molecule has 1 aromatic carbocycles. The molecular weight excluding hydrogens is 328 g/mol. The standard InChI is InChI=1S/C16H17BrN4/c1-12(7-8-13-5-3-2-4-6-13)19-15-16-18-9-10-21(16)11-14(17)20-15/h2-6,9-12H,7-8H2,1H3,(H,19,20). The van der Waals surface area contributed by atoms with E-state index >= 15 is 0 Å². The van der Waals surface area contributed by atoms with E-state index in [-0.39, 0.29) is 0 Å². The van der Waals surface area contributed by atoms with Crippen LogP contribution in [0.3, 0.4) is 0 Å². The van der Waals surface area contributed by atoms with Crippen molar-refractivity contribution in [3.8, 4) is 0 Å². The number of hydrogen-bond donors (Lipinski definition) is 1. The van der Waals surface area contributed by atoms with Crippen LogP contribution < -0.4 is 5.32 Å². The van der Waals surface area contributed by atoms with E-state index < -0.39 is 0 Å². The van der Waals surface area contributed by atoms with Crippen LogP contribution in [0.5, 0.6) is 0 Å². The molecule has 108 valence electrons. The van der Waals surface area contributed by atoms with E-state index in [0.717, 1.165) is 28.9 Å². The molecule has 0 aliphatic heterocycles. The molecule has 3 rings (SSSR count). The van der Waals surface area contributed by atoms with Gasteiger partial charge in [-0.15, -0.1) is 0 Å². The number of aromatic nitrogens is 3. The summed E-state index contributed by atoms with van der Waals surface area (Å²) in [4.78, 5) is 8.84. The zero-order chi connectivity index (χ0) is 14.7. The van der Waals surface area contributed by atoms with E-state index in [9.17, 15) is 0 Å². The van der Waals surface area contributed by atoms with Crippen LogP contribution in [0.15, 0.2) is 53.5 Å². The molecule has 0 bridgehead atoms. The smallest absolute Gasteiger partial charge is 0.180 e. The minimum absolute atomic E-state index is 0.326. The van der Waals surface area contributed by atoms with Crippen LogP contribution in [0.4, 0.5) is 5.82 Å². The Hall–Kier alpha value is -1.88. The molecule has 1 unspecified atom stereocenters. The molecular formula is C16H17BrN4. The average Bonchev–Trinajstić information content (AvgIpc) is 2.94. The molecule has 2 aromatic heterocycles. The van der Waals surface area contributed by atoms with Gasteiger partial charge in [0.15, 0.2) is 11.5 Å². The molecule has 1 N–H and O–H groups in total. The number of hydrogen-bond acceptors (Lipinski definition) is 3. The molecule has 0 radical (unpaired) electrons. The number of nitrogens with one attached hydrogen (secondary N) is 1. The first kappa shape index (κ1) is 14.1. The van der Waals surface area contributed by atoms with Crippen molar-refractivity contribution >= 4 is 27.4 Å². The van der Waals surface area contributed by atoms with Crippen LogP contribution in [0.1, 0.15) is 18.9 Å². The zero-order valence-corrected chi connectivity index (χ0v) is 13.4. The van der Waals surface area contributed by atoms with Crippen molar-refractivity contribution in [3.05, 3.63) is 59.1 Å². The van der Waals surface area contributed by atoms with Crippen LogP contribution in [0.25, 0.3) is 5.65 Å². The Labute approximate surface area is 132 Å². The first-order valence-corrected chi connectivity index (χ1v) is 7.81. The Morgan fingerprint density at radius 2 is 2.10 bits per heavy atom. The predicted octanol–water partition coefficient (Wildman–Crippen LogP) is 3.93. The lowest BCUT2D eigenvalue weighted by molar-refractivity contribution is 0.702. The number of aryl methyl sites for hydroxylation is 1. The summed E-state index contributed by atoms with van der Waals surface area (Å²) in [6, 6.07) is 10.9. The number of halogens is 1. The second-order valence-electron chi connectivity index (χ2n) is 5.14. The fourth-order valence-electron chi connectivity index (χ4n) is 2.33.